The second-order valence-corrected chi connectivity index (χ2v) is 6.60. The summed E-state index contributed by atoms with van der Waals surface area (Å²) < 4.78 is 27.2. The summed E-state index contributed by atoms with van der Waals surface area (Å²) in [5.41, 5.74) is 1.98. The third kappa shape index (κ3) is 2.36. The van der Waals surface area contributed by atoms with Crippen molar-refractivity contribution in [2.24, 2.45) is 5.14 Å². The van der Waals surface area contributed by atoms with E-state index in [2.05, 4.69) is 4.18 Å². The van der Waals surface area contributed by atoms with E-state index >= 15 is 0 Å². The molecule has 0 spiro atoms. The fourth-order valence-electron chi connectivity index (χ4n) is 2.45. The van der Waals surface area contributed by atoms with Gasteiger partial charge in [-0.1, -0.05) is 11.3 Å². The Kier molecular flexibility index (Phi) is 2.84. The minimum absolute atomic E-state index is 0.0488. The van der Waals surface area contributed by atoms with Gasteiger partial charge in [-0.25, -0.2) is 0 Å². The van der Waals surface area contributed by atoms with Gasteiger partial charge in [0.15, 0.2) is 0 Å². The molecule has 2 N–H and O–H groups in total. The Bertz CT molecular complexity index is 823. The lowest BCUT2D eigenvalue weighted by Crippen LogP contribution is -2.18. The Morgan fingerprint density at radius 2 is 1.95 bits per heavy atom. The minimum Gasteiger partial charge on any atom is -0.371 e. The van der Waals surface area contributed by atoms with Crippen molar-refractivity contribution in [2.45, 2.75) is 19.3 Å². The summed E-state index contributed by atoms with van der Waals surface area (Å²) in [6.45, 7) is 0. The number of hydrogen-bond acceptors (Lipinski definition) is 5. The number of fused-ring (bicyclic) bond motifs is 3. The Labute approximate surface area is 113 Å². The molecule has 1 heterocycles. The summed E-state index contributed by atoms with van der Waals surface area (Å²) in [6, 6.07) is 4.89. The van der Waals surface area contributed by atoms with E-state index in [0.29, 0.717) is 0 Å². The van der Waals surface area contributed by atoms with Gasteiger partial charge in [-0.05, 0) is 48.4 Å². The molecule has 1 aliphatic rings. The number of rotatable bonds is 2. The molecule has 0 saturated carbocycles. The van der Waals surface area contributed by atoms with Crippen molar-refractivity contribution in [3.63, 3.8) is 0 Å². The molecule has 3 rings (SSSR count). The minimum atomic E-state index is -4.04. The van der Waals surface area contributed by atoms with Crippen LogP contribution in [0.4, 0.5) is 0 Å². The molecule has 100 valence electrons. The van der Waals surface area contributed by atoms with Crippen molar-refractivity contribution in [2.75, 3.05) is 0 Å². The number of aryl methyl sites for hydroxylation is 1. The van der Waals surface area contributed by atoms with E-state index in [1.54, 1.807) is 18.2 Å². The molecule has 0 fully saturated rings. The molecular formula is C12H11NO4S2. The Morgan fingerprint density at radius 1 is 1.21 bits per heavy atom. The van der Waals surface area contributed by atoms with Crippen LogP contribution in [0.15, 0.2) is 23.0 Å². The van der Waals surface area contributed by atoms with Crippen LogP contribution in [0.3, 0.4) is 0 Å². The van der Waals surface area contributed by atoms with Gasteiger partial charge >= 0.3 is 10.3 Å². The highest BCUT2D eigenvalue weighted by atomic mass is 32.2. The topological polar surface area (TPSA) is 86.5 Å². The second kappa shape index (κ2) is 4.29. The van der Waals surface area contributed by atoms with Gasteiger partial charge in [0.05, 0.1) is 0 Å². The quantitative estimate of drug-likeness (QED) is 0.906. The standard InChI is InChI=1S/C12H11NO4S2/c13-19(15,16)17-7-4-5-9-8-2-1-3-10(8)12(14)18-11(9)6-7/h4-6H,1-3H2,(H2,13,15,16). The van der Waals surface area contributed by atoms with Crippen LogP contribution in [0.25, 0.3) is 10.1 Å². The smallest absolute Gasteiger partial charge is 0.371 e. The summed E-state index contributed by atoms with van der Waals surface area (Å²) in [6.07, 6.45) is 2.71. The molecular weight excluding hydrogens is 286 g/mol. The third-order valence-electron chi connectivity index (χ3n) is 3.16. The third-order valence-corrected chi connectivity index (χ3v) is 4.57. The average molecular weight is 297 g/mol. The monoisotopic (exact) mass is 297 g/mol. The van der Waals surface area contributed by atoms with Gasteiger partial charge in [-0.15, -0.1) is 0 Å². The number of benzene rings is 1. The molecule has 1 aromatic heterocycles. The van der Waals surface area contributed by atoms with Crippen LogP contribution in [-0.2, 0) is 23.1 Å². The molecule has 1 aromatic carbocycles. The van der Waals surface area contributed by atoms with Gasteiger partial charge in [0, 0.05) is 10.3 Å². The zero-order chi connectivity index (χ0) is 13.6. The molecule has 19 heavy (non-hydrogen) atoms. The first kappa shape index (κ1) is 12.6. The maximum absolute atomic E-state index is 12.0. The van der Waals surface area contributed by atoms with E-state index in [-0.39, 0.29) is 10.5 Å². The summed E-state index contributed by atoms with van der Waals surface area (Å²) in [5, 5.41) is 5.82. The SMILES string of the molecule is NS(=O)(=O)Oc1ccc2c3c(c(=O)sc2c1)CCC3. The Hall–Kier alpha value is -1.44. The van der Waals surface area contributed by atoms with E-state index in [9.17, 15) is 13.2 Å². The summed E-state index contributed by atoms with van der Waals surface area (Å²) in [5.74, 6) is 0.128. The molecule has 0 radical (unpaired) electrons. The number of hydrogen-bond donors (Lipinski definition) is 1. The van der Waals surface area contributed by atoms with E-state index in [0.717, 1.165) is 51.8 Å². The summed E-state index contributed by atoms with van der Waals surface area (Å²) in [7, 11) is -4.04. The van der Waals surface area contributed by atoms with Crippen LogP contribution in [0.1, 0.15) is 17.5 Å². The lowest BCUT2D eigenvalue weighted by molar-refractivity contribution is 0.488. The van der Waals surface area contributed by atoms with E-state index in [1.807, 2.05) is 0 Å². The predicted octanol–water partition coefficient (Wildman–Crippen LogP) is 1.33. The van der Waals surface area contributed by atoms with Gasteiger partial charge < -0.3 is 4.18 Å². The van der Waals surface area contributed by atoms with Crippen LogP contribution >= 0.6 is 11.3 Å². The fourth-order valence-corrected chi connectivity index (χ4v) is 3.85. The maximum Gasteiger partial charge on any atom is 0.380 e. The van der Waals surface area contributed by atoms with Gasteiger partial charge in [0.1, 0.15) is 5.75 Å². The molecule has 1 aliphatic carbocycles. The molecule has 2 aromatic rings. The van der Waals surface area contributed by atoms with E-state index < -0.39 is 10.3 Å². The lowest BCUT2D eigenvalue weighted by atomic mass is 10.1. The molecule has 0 amide bonds. The maximum atomic E-state index is 12.0. The summed E-state index contributed by atoms with van der Waals surface area (Å²) >= 11 is 1.12. The van der Waals surface area contributed by atoms with Gasteiger partial charge in [0.2, 0.25) is 4.74 Å². The molecule has 0 aliphatic heterocycles. The second-order valence-electron chi connectivity index (χ2n) is 4.43. The first-order valence-electron chi connectivity index (χ1n) is 5.75. The highest BCUT2D eigenvalue weighted by Crippen LogP contribution is 2.31. The van der Waals surface area contributed by atoms with Crippen molar-refractivity contribution < 1.29 is 12.6 Å². The molecule has 0 atom stereocenters. The normalized spacial score (nSPS) is 14.6. The van der Waals surface area contributed by atoms with E-state index in [1.165, 1.54) is 0 Å². The highest BCUT2D eigenvalue weighted by Gasteiger charge is 2.18. The average Bonchev–Trinajstić information content (AvgIpc) is 2.76. The van der Waals surface area contributed by atoms with Crippen LogP contribution in [0.5, 0.6) is 5.75 Å². The van der Waals surface area contributed by atoms with Crippen LogP contribution in [0.2, 0.25) is 0 Å². The van der Waals surface area contributed by atoms with Crippen LogP contribution in [-0.4, -0.2) is 8.42 Å². The first-order valence-corrected chi connectivity index (χ1v) is 8.04. The first-order chi connectivity index (χ1) is 8.94. The van der Waals surface area contributed by atoms with Gasteiger partial charge in [0.25, 0.3) is 0 Å². The summed E-state index contributed by atoms with van der Waals surface area (Å²) in [4.78, 5) is 12.0. The molecule has 0 unspecified atom stereocenters. The fraction of sp³-hybridized carbons (Fsp3) is 0.250. The van der Waals surface area contributed by atoms with Gasteiger partial charge in [-0.3, -0.25) is 4.79 Å². The predicted molar refractivity (Wildman–Crippen MR) is 73.9 cm³/mol. The van der Waals surface area contributed by atoms with Crippen molar-refractivity contribution >= 4 is 31.7 Å². The molecule has 0 bridgehead atoms. The zero-order valence-corrected chi connectivity index (χ0v) is 11.5. The van der Waals surface area contributed by atoms with Crippen molar-refractivity contribution in [1.82, 2.24) is 0 Å². The van der Waals surface area contributed by atoms with Crippen molar-refractivity contribution in [3.8, 4) is 5.75 Å². The highest BCUT2D eigenvalue weighted by molar-refractivity contribution is 7.84. The largest absolute Gasteiger partial charge is 0.380 e. The molecule has 5 nitrogen and oxygen atoms in total. The lowest BCUT2D eigenvalue weighted by Gasteiger charge is -2.06. The van der Waals surface area contributed by atoms with Crippen molar-refractivity contribution in [3.05, 3.63) is 38.9 Å². The Morgan fingerprint density at radius 3 is 2.68 bits per heavy atom. The van der Waals surface area contributed by atoms with Crippen LogP contribution < -0.4 is 14.1 Å². The molecule has 7 heteroatoms. The van der Waals surface area contributed by atoms with E-state index in [4.69, 9.17) is 5.14 Å². The molecule has 0 saturated heterocycles. The van der Waals surface area contributed by atoms with Crippen LogP contribution in [0, 0.1) is 0 Å². The Balaban J connectivity index is 2.20. The number of nitrogens with two attached hydrogens (primary N) is 1. The zero-order valence-electron chi connectivity index (χ0n) is 9.88. The van der Waals surface area contributed by atoms with Gasteiger partial charge in [-0.2, -0.15) is 13.6 Å². The van der Waals surface area contributed by atoms with Crippen molar-refractivity contribution in [1.29, 1.82) is 0 Å².